The maximum absolute atomic E-state index is 11.9. The van der Waals surface area contributed by atoms with Crippen molar-refractivity contribution in [2.75, 3.05) is 6.61 Å². The monoisotopic (exact) mass is 343 g/mol. The van der Waals surface area contributed by atoms with Crippen LogP contribution >= 0.6 is 0 Å². The fraction of sp³-hybridized carbons (Fsp3) is 0.353. The highest BCUT2D eigenvalue weighted by Crippen LogP contribution is 2.47. The summed E-state index contributed by atoms with van der Waals surface area (Å²) >= 11 is 0. The lowest BCUT2D eigenvalue weighted by molar-refractivity contribution is -0.386. The van der Waals surface area contributed by atoms with Gasteiger partial charge in [0, 0.05) is 17.8 Å². The van der Waals surface area contributed by atoms with Crippen LogP contribution in [0.1, 0.15) is 36.4 Å². The smallest absolute Gasteiger partial charge is 0.311 e. The van der Waals surface area contributed by atoms with Crippen molar-refractivity contribution < 1.29 is 19.2 Å². The van der Waals surface area contributed by atoms with Gasteiger partial charge < -0.3 is 9.47 Å². The molecule has 25 heavy (non-hydrogen) atoms. The highest BCUT2D eigenvalue weighted by atomic mass is 16.6. The molecule has 1 unspecified atom stereocenters. The number of esters is 1. The van der Waals surface area contributed by atoms with Crippen molar-refractivity contribution in [1.82, 2.24) is 9.97 Å². The number of hydrogen-bond acceptors (Lipinski definition) is 7. The zero-order valence-electron chi connectivity index (χ0n) is 14.1. The second-order valence-electron chi connectivity index (χ2n) is 5.75. The van der Waals surface area contributed by atoms with Crippen molar-refractivity contribution in [3.05, 3.63) is 45.4 Å². The van der Waals surface area contributed by atoms with E-state index < -0.39 is 17.0 Å². The van der Waals surface area contributed by atoms with Gasteiger partial charge in [-0.25, -0.2) is 9.97 Å². The molecule has 2 aromatic rings. The van der Waals surface area contributed by atoms with Crippen molar-refractivity contribution in [1.29, 1.82) is 0 Å². The van der Waals surface area contributed by atoms with Crippen LogP contribution in [0.25, 0.3) is 11.3 Å². The van der Waals surface area contributed by atoms with Gasteiger partial charge in [-0.15, -0.1) is 0 Å². The van der Waals surface area contributed by atoms with E-state index in [1.807, 2.05) is 0 Å². The molecule has 8 nitrogen and oxygen atoms in total. The largest absolute Gasteiger partial charge is 0.477 e. The van der Waals surface area contributed by atoms with E-state index in [1.165, 1.54) is 6.07 Å². The number of benzene rings is 1. The van der Waals surface area contributed by atoms with E-state index in [1.54, 1.807) is 33.0 Å². The van der Waals surface area contributed by atoms with E-state index in [-0.39, 0.29) is 24.5 Å². The van der Waals surface area contributed by atoms with Gasteiger partial charge in [-0.3, -0.25) is 14.9 Å². The van der Waals surface area contributed by atoms with Gasteiger partial charge in [-0.05, 0) is 32.4 Å². The molecule has 0 N–H and O–H groups in total. The lowest BCUT2D eigenvalue weighted by Gasteiger charge is -2.27. The molecule has 0 bridgehead atoms. The molecule has 0 aliphatic carbocycles. The third-order valence-corrected chi connectivity index (χ3v) is 3.87. The number of nitro groups is 1. The van der Waals surface area contributed by atoms with Crippen LogP contribution < -0.4 is 4.74 Å². The van der Waals surface area contributed by atoms with Crippen LogP contribution in [0.5, 0.6) is 5.75 Å². The molecule has 130 valence electrons. The maximum atomic E-state index is 11.9. The second-order valence-corrected chi connectivity index (χ2v) is 5.75. The van der Waals surface area contributed by atoms with Crippen molar-refractivity contribution >= 4 is 11.7 Å². The van der Waals surface area contributed by atoms with Crippen molar-refractivity contribution in [3.63, 3.8) is 0 Å². The molecule has 0 saturated carbocycles. The molecule has 0 saturated heterocycles. The number of aromatic nitrogens is 2. The molecule has 8 heteroatoms. The average molecular weight is 343 g/mol. The molecule has 1 aliphatic rings. The number of nitro benzene ring substituents is 1. The Bertz CT molecular complexity index is 866. The summed E-state index contributed by atoms with van der Waals surface area (Å²) in [4.78, 5) is 31.4. The molecular formula is C17H17N3O5. The van der Waals surface area contributed by atoms with E-state index in [9.17, 15) is 14.9 Å². The number of carbonyl (C=O) groups excluding carboxylic acids is 1. The first-order valence-electron chi connectivity index (χ1n) is 7.86. The van der Waals surface area contributed by atoms with Crippen LogP contribution in [0.4, 0.5) is 5.69 Å². The summed E-state index contributed by atoms with van der Waals surface area (Å²) in [5.74, 6) is 0.207. The number of carbonyl (C=O) groups is 1. The Morgan fingerprint density at radius 2 is 2.16 bits per heavy atom. The number of rotatable bonds is 4. The second kappa shape index (κ2) is 6.46. The average Bonchev–Trinajstić information content (AvgIpc) is 2.54. The Morgan fingerprint density at radius 1 is 1.40 bits per heavy atom. The Morgan fingerprint density at radius 3 is 2.84 bits per heavy atom. The summed E-state index contributed by atoms with van der Waals surface area (Å²) in [5, 5.41) is 11.4. The maximum Gasteiger partial charge on any atom is 0.311 e. The molecule has 1 aromatic carbocycles. The fourth-order valence-corrected chi connectivity index (χ4v) is 2.85. The number of aryl methyl sites for hydroxylation is 2. The first-order valence-corrected chi connectivity index (χ1v) is 7.86. The van der Waals surface area contributed by atoms with Gasteiger partial charge in [0.15, 0.2) is 0 Å². The standard InChI is InChI=1S/C17H17N3O5/c1-4-24-15(21)7-14-12-8-18-10(3)19-16(12)11-5-9(2)6-13(20(22)23)17(11)25-14/h5-6,8,14H,4,7H2,1-3H3. The van der Waals surface area contributed by atoms with Crippen molar-refractivity contribution in [2.45, 2.75) is 33.3 Å². The predicted molar refractivity (Wildman–Crippen MR) is 88.2 cm³/mol. The first-order chi connectivity index (χ1) is 11.9. The first kappa shape index (κ1) is 16.8. The van der Waals surface area contributed by atoms with Gasteiger partial charge in [-0.1, -0.05) is 0 Å². The Hall–Kier alpha value is -3.03. The third-order valence-electron chi connectivity index (χ3n) is 3.87. The minimum Gasteiger partial charge on any atom is -0.477 e. The van der Waals surface area contributed by atoms with E-state index >= 15 is 0 Å². The van der Waals surface area contributed by atoms with Gasteiger partial charge in [-0.2, -0.15) is 0 Å². The number of hydrogen-bond donors (Lipinski definition) is 0. The highest BCUT2D eigenvalue weighted by molar-refractivity contribution is 5.79. The fourth-order valence-electron chi connectivity index (χ4n) is 2.85. The van der Waals surface area contributed by atoms with E-state index in [0.29, 0.717) is 22.6 Å². The zero-order chi connectivity index (χ0) is 18.1. The normalized spacial score (nSPS) is 14.9. The molecule has 1 aliphatic heterocycles. The number of fused-ring (bicyclic) bond motifs is 3. The van der Waals surface area contributed by atoms with Gasteiger partial charge in [0.1, 0.15) is 11.9 Å². The summed E-state index contributed by atoms with van der Waals surface area (Å²) in [7, 11) is 0. The van der Waals surface area contributed by atoms with Crippen molar-refractivity contribution in [2.24, 2.45) is 0 Å². The summed E-state index contributed by atoms with van der Waals surface area (Å²) in [6, 6.07) is 3.23. The topological polar surface area (TPSA) is 104 Å². The van der Waals surface area contributed by atoms with Crippen LogP contribution in [0.3, 0.4) is 0 Å². The van der Waals surface area contributed by atoms with Gasteiger partial charge >= 0.3 is 11.7 Å². The molecule has 1 aromatic heterocycles. The minimum atomic E-state index is -0.733. The summed E-state index contributed by atoms with van der Waals surface area (Å²) in [6.07, 6.45) is 0.791. The summed E-state index contributed by atoms with van der Waals surface area (Å²) < 4.78 is 10.8. The van der Waals surface area contributed by atoms with Crippen LogP contribution in [0, 0.1) is 24.0 Å². The predicted octanol–water partition coefficient (Wildman–Crippen LogP) is 3.06. The third kappa shape index (κ3) is 3.15. The van der Waals surface area contributed by atoms with Crippen LogP contribution in [0.15, 0.2) is 18.3 Å². The van der Waals surface area contributed by atoms with Gasteiger partial charge in [0.05, 0.1) is 29.2 Å². The van der Waals surface area contributed by atoms with Gasteiger partial charge in [0.25, 0.3) is 0 Å². The van der Waals surface area contributed by atoms with E-state index in [4.69, 9.17) is 9.47 Å². The molecule has 0 amide bonds. The SMILES string of the molecule is CCOC(=O)CC1Oc2c(cc(C)cc2[N+](=O)[O-])-c2nc(C)ncc21. The van der Waals surface area contributed by atoms with Crippen LogP contribution in [-0.4, -0.2) is 27.5 Å². The highest BCUT2D eigenvalue weighted by Gasteiger charge is 2.34. The number of ether oxygens (including phenoxy) is 2. The van der Waals surface area contributed by atoms with Crippen LogP contribution in [0.2, 0.25) is 0 Å². The van der Waals surface area contributed by atoms with E-state index in [2.05, 4.69) is 9.97 Å². The molecule has 0 spiro atoms. The Labute approximate surface area is 144 Å². The van der Waals surface area contributed by atoms with Crippen molar-refractivity contribution in [3.8, 4) is 17.0 Å². The lowest BCUT2D eigenvalue weighted by Crippen LogP contribution is -2.21. The zero-order valence-corrected chi connectivity index (χ0v) is 14.1. The molecule has 0 fully saturated rings. The Kier molecular flexibility index (Phi) is 4.35. The molecule has 2 heterocycles. The molecule has 1 atom stereocenters. The minimum absolute atomic E-state index is 0.0717. The van der Waals surface area contributed by atoms with Crippen LogP contribution in [-0.2, 0) is 9.53 Å². The summed E-state index contributed by atoms with van der Waals surface area (Å²) in [6.45, 7) is 5.47. The number of nitrogens with zero attached hydrogens (tertiary/aromatic N) is 3. The molecular weight excluding hydrogens is 326 g/mol. The summed E-state index contributed by atoms with van der Waals surface area (Å²) in [5.41, 5.74) is 2.28. The molecule has 3 rings (SSSR count). The Balaban J connectivity index is 2.16. The quantitative estimate of drug-likeness (QED) is 0.477. The van der Waals surface area contributed by atoms with E-state index in [0.717, 1.165) is 5.56 Å². The molecule has 0 radical (unpaired) electrons. The van der Waals surface area contributed by atoms with Gasteiger partial charge in [0.2, 0.25) is 5.75 Å². The lowest BCUT2D eigenvalue weighted by atomic mass is 9.95.